The number of nitrogens with zero attached hydrogens (tertiary/aromatic N) is 1. The zero-order valence-corrected chi connectivity index (χ0v) is 12.4. The third kappa shape index (κ3) is 3.97. The van der Waals surface area contributed by atoms with Gasteiger partial charge in [0.2, 0.25) is 11.8 Å². The van der Waals surface area contributed by atoms with Crippen molar-refractivity contribution in [2.75, 3.05) is 18.8 Å². The number of carbonyl (C=O) groups excluding carboxylic acids is 2. The van der Waals surface area contributed by atoms with Gasteiger partial charge in [0.05, 0.1) is 5.92 Å². The predicted octanol–water partition coefficient (Wildman–Crippen LogP) is 1.49. The molecule has 1 aliphatic heterocycles. The fourth-order valence-corrected chi connectivity index (χ4v) is 2.89. The Bertz CT molecular complexity index is 522. The van der Waals surface area contributed by atoms with Crippen LogP contribution in [0.25, 0.3) is 0 Å². The van der Waals surface area contributed by atoms with Crippen LogP contribution in [0.2, 0.25) is 0 Å². The third-order valence-corrected chi connectivity index (χ3v) is 4.20. The number of amides is 2. The minimum Gasteiger partial charge on any atom is -0.399 e. The Labute approximate surface area is 125 Å². The van der Waals surface area contributed by atoms with Crippen LogP contribution in [0, 0.1) is 5.92 Å². The molecule has 0 saturated carbocycles. The molecule has 1 aromatic carbocycles. The number of carbonyl (C=O) groups is 2. The van der Waals surface area contributed by atoms with Gasteiger partial charge in [-0.1, -0.05) is 12.1 Å². The van der Waals surface area contributed by atoms with E-state index < -0.39 is 0 Å². The number of nitrogen functional groups attached to an aromatic ring is 1. The Morgan fingerprint density at radius 3 is 2.57 bits per heavy atom. The van der Waals surface area contributed by atoms with Crippen molar-refractivity contribution in [3.05, 3.63) is 29.8 Å². The maximum Gasteiger partial charge on any atom is 0.229 e. The average molecular weight is 289 g/mol. The zero-order valence-electron chi connectivity index (χ0n) is 12.4. The second-order valence-corrected chi connectivity index (χ2v) is 5.83. The van der Waals surface area contributed by atoms with Crippen molar-refractivity contribution in [3.63, 3.8) is 0 Å². The molecule has 1 aromatic rings. The van der Waals surface area contributed by atoms with Crippen LogP contribution in [0.1, 0.15) is 37.7 Å². The molecule has 0 aromatic heterocycles. The van der Waals surface area contributed by atoms with Crippen LogP contribution in [-0.2, 0) is 9.59 Å². The first-order valence-electron chi connectivity index (χ1n) is 7.40. The molecule has 1 fully saturated rings. The summed E-state index contributed by atoms with van der Waals surface area (Å²) >= 11 is 0. The number of likely N-dealkylation sites (tertiary alicyclic amines) is 1. The molecule has 0 spiro atoms. The number of hydrogen-bond donors (Lipinski definition) is 2. The lowest BCUT2D eigenvalue weighted by Crippen LogP contribution is -2.41. The fraction of sp³-hybridized carbons (Fsp3) is 0.500. The van der Waals surface area contributed by atoms with Crippen LogP contribution in [0.3, 0.4) is 0 Å². The van der Waals surface area contributed by atoms with Crippen LogP contribution in [0.4, 0.5) is 5.69 Å². The van der Waals surface area contributed by atoms with Gasteiger partial charge in [-0.15, -0.1) is 0 Å². The van der Waals surface area contributed by atoms with Gasteiger partial charge in [-0.05, 0) is 43.4 Å². The van der Waals surface area contributed by atoms with Crippen molar-refractivity contribution < 1.29 is 9.59 Å². The molecule has 0 bridgehead atoms. The molecule has 114 valence electrons. The standard InChI is InChI=1S/C16H23N3O2/c1-11(13-3-2-4-14(17)10-13)16(21)19-7-5-12(6-8-19)9-15(18)20/h2-4,10-12H,5-9,17H2,1H3,(H2,18,20). The van der Waals surface area contributed by atoms with Crippen LogP contribution in [-0.4, -0.2) is 29.8 Å². The molecule has 0 radical (unpaired) electrons. The molecule has 0 aliphatic carbocycles. The van der Waals surface area contributed by atoms with Crippen molar-refractivity contribution >= 4 is 17.5 Å². The molecule has 1 saturated heterocycles. The average Bonchev–Trinajstić information content (AvgIpc) is 2.46. The molecule has 1 atom stereocenters. The Balaban J connectivity index is 1.94. The van der Waals surface area contributed by atoms with Crippen LogP contribution in [0.15, 0.2) is 24.3 Å². The first-order valence-corrected chi connectivity index (χ1v) is 7.40. The van der Waals surface area contributed by atoms with E-state index in [1.54, 1.807) is 0 Å². The van der Waals surface area contributed by atoms with Crippen LogP contribution in [0.5, 0.6) is 0 Å². The Morgan fingerprint density at radius 2 is 2.00 bits per heavy atom. The summed E-state index contributed by atoms with van der Waals surface area (Å²) in [6.07, 6.45) is 2.11. The Kier molecular flexibility index (Phi) is 4.83. The highest BCUT2D eigenvalue weighted by Crippen LogP contribution is 2.25. The lowest BCUT2D eigenvalue weighted by Gasteiger charge is -2.33. The van der Waals surface area contributed by atoms with E-state index in [0.29, 0.717) is 31.1 Å². The number of hydrogen-bond acceptors (Lipinski definition) is 3. The van der Waals surface area contributed by atoms with Gasteiger partial charge >= 0.3 is 0 Å². The van der Waals surface area contributed by atoms with Gasteiger partial charge in [0, 0.05) is 25.2 Å². The van der Waals surface area contributed by atoms with Crippen molar-refractivity contribution in [1.82, 2.24) is 4.90 Å². The van der Waals surface area contributed by atoms with E-state index in [-0.39, 0.29) is 17.7 Å². The van der Waals surface area contributed by atoms with E-state index in [1.807, 2.05) is 36.1 Å². The zero-order chi connectivity index (χ0) is 15.4. The number of anilines is 1. The van der Waals surface area contributed by atoms with Crippen LogP contribution < -0.4 is 11.5 Å². The van der Waals surface area contributed by atoms with Gasteiger partial charge in [0.1, 0.15) is 0 Å². The van der Waals surface area contributed by atoms with Crippen molar-refractivity contribution in [1.29, 1.82) is 0 Å². The molecule has 4 N–H and O–H groups in total. The Morgan fingerprint density at radius 1 is 1.33 bits per heavy atom. The molecule has 2 amide bonds. The third-order valence-electron chi connectivity index (χ3n) is 4.20. The summed E-state index contributed by atoms with van der Waals surface area (Å²) in [6, 6.07) is 7.46. The molecular weight excluding hydrogens is 266 g/mol. The highest BCUT2D eigenvalue weighted by Gasteiger charge is 2.27. The van der Waals surface area contributed by atoms with E-state index in [2.05, 4.69) is 0 Å². The number of piperidine rings is 1. The lowest BCUT2D eigenvalue weighted by atomic mass is 9.91. The van der Waals surface area contributed by atoms with Crippen molar-refractivity contribution in [2.45, 2.75) is 32.1 Å². The van der Waals surface area contributed by atoms with E-state index in [9.17, 15) is 9.59 Å². The van der Waals surface area contributed by atoms with Crippen molar-refractivity contribution in [2.24, 2.45) is 11.7 Å². The number of nitrogens with two attached hydrogens (primary N) is 2. The SMILES string of the molecule is CC(C(=O)N1CCC(CC(N)=O)CC1)c1cccc(N)c1. The lowest BCUT2D eigenvalue weighted by molar-refractivity contribution is -0.133. The van der Waals surface area contributed by atoms with E-state index in [1.165, 1.54) is 0 Å². The summed E-state index contributed by atoms with van der Waals surface area (Å²) in [5.74, 6) is -0.0125. The topological polar surface area (TPSA) is 89.4 Å². The molecular formula is C16H23N3O2. The second kappa shape index (κ2) is 6.61. The maximum absolute atomic E-state index is 12.5. The molecule has 2 rings (SSSR count). The maximum atomic E-state index is 12.5. The van der Waals surface area contributed by atoms with Gasteiger partial charge in [0.15, 0.2) is 0 Å². The molecule has 5 nitrogen and oxygen atoms in total. The van der Waals surface area contributed by atoms with E-state index in [4.69, 9.17) is 11.5 Å². The summed E-state index contributed by atoms with van der Waals surface area (Å²) in [6.45, 7) is 3.31. The summed E-state index contributed by atoms with van der Waals surface area (Å²) in [4.78, 5) is 25.4. The highest BCUT2D eigenvalue weighted by atomic mass is 16.2. The summed E-state index contributed by atoms with van der Waals surface area (Å²) in [5, 5.41) is 0. The second-order valence-electron chi connectivity index (χ2n) is 5.83. The van der Waals surface area contributed by atoms with E-state index >= 15 is 0 Å². The summed E-state index contributed by atoms with van der Waals surface area (Å²) in [5.41, 5.74) is 12.6. The monoisotopic (exact) mass is 289 g/mol. The van der Waals surface area contributed by atoms with Gasteiger partial charge in [-0.3, -0.25) is 9.59 Å². The largest absolute Gasteiger partial charge is 0.399 e. The molecule has 1 heterocycles. The van der Waals surface area contributed by atoms with Gasteiger partial charge in [0.25, 0.3) is 0 Å². The molecule has 5 heteroatoms. The minimum atomic E-state index is -0.257. The first-order chi connectivity index (χ1) is 9.97. The number of primary amides is 1. The molecule has 1 unspecified atom stereocenters. The van der Waals surface area contributed by atoms with Gasteiger partial charge < -0.3 is 16.4 Å². The molecule has 21 heavy (non-hydrogen) atoms. The molecule has 1 aliphatic rings. The quantitative estimate of drug-likeness (QED) is 0.823. The highest BCUT2D eigenvalue weighted by molar-refractivity contribution is 5.83. The minimum absolute atomic E-state index is 0.123. The first kappa shape index (κ1) is 15.4. The smallest absolute Gasteiger partial charge is 0.229 e. The number of rotatable bonds is 4. The van der Waals surface area contributed by atoms with Gasteiger partial charge in [-0.25, -0.2) is 0 Å². The van der Waals surface area contributed by atoms with E-state index in [0.717, 1.165) is 18.4 Å². The normalized spacial score (nSPS) is 17.5. The fourth-order valence-electron chi connectivity index (χ4n) is 2.89. The summed E-state index contributed by atoms with van der Waals surface area (Å²) < 4.78 is 0. The predicted molar refractivity (Wildman–Crippen MR) is 82.4 cm³/mol. The number of benzene rings is 1. The van der Waals surface area contributed by atoms with Gasteiger partial charge in [-0.2, -0.15) is 0 Å². The van der Waals surface area contributed by atoms with Crippen molar-refractivity contribution in [3.8, 4) is 0 Å². The Hall–Kier alpha value is -2.04. The summed E-state index contributed by atoms with van der Waals surface area (Å²) in [7, 11) is 0. The van der Waals surface area contributed by atoms with Crippen LogP contribution >= 0.6 is 0 Å².